The second-order valence-electron chi connectivity index (χ2n) is 13.7. The van der Waals surface area contributed by atoms with Gasteiger partial charge in [-0.05, 0) is 115 Å². The Bertz CT molecular complexity index is 2450. The first kappa shape index (κ1) is 29.9. The number of anilines is 3. The maximum atomic E-state index is 2.41. The maximum Gasteiger partial charge on any atom is 0.0462 e. The summed E-state index contributed by atoms with van der Waals surface area (Å²) in [6.45, 7) is 4.78. The molecule has 1 aliphatic rings. The number of hydrogen-bond acceptors (Lipinski definition) is 1. The summed E-state index contributed by atoms with van der Waals surface area (Å²) in [6, 6.07) is 68.4. The SMILES string of the molecule is CC1(C)c2cc3ccccc3cc2-c2cccc(-c3ccccc3-c3ccccc3-c3ccc(N(c4ccccc4)c4ccccc4)cc3)c21. The van der Waals surface area contributed by atoms with Gasteiger partial charge in [0.25, 0.3) is 0 Å². The third-order valence-electron chi connectivity index (χ3n) is 10.4. The van der Waals surface area contributed by atoms with Crippen molar-refractivity contribution in [3.63, 3.8) is 0 Å². The fraction of sp³-hybridized carbons (Fsp3) is 0.0612. The molecule has 0 saturated heterocycles. The van der Waals surface area contributed by atoms with E-state index in [2.05, 4.69) is 207 Å². The van der Waals surface area contributed by atoms with E-state index >= 15 is 0 Å². The molecule has 8 aromatic carbocycles. The minimum atomic E-state index is -0.142. The number of hydrogen-bond donors (Lipinski definition) is 0. The van der Waals surface area contributed by atoms with Crippen molar-refractivity contribution in [3.8, 4) is 44.5 Å². The molecule has 238 valence electrons. The fourth-order valence-corrected chi connectivity index (χ4v) is 8.10. The van der Waals surface area contributed by atoms with Crippen molar-refractivity contribution in [2.24, 2.45) is 0 Å². The molecule has 0 unspecified atom stereocenters. The molecule has 0 radical (unpaired) electrons. The van der Waals surface area contributed by atoms with E-state index < -0.39 is 0 Å². The zero-order valence-electron chi connectivity index (χ0n) is 28.3. The van der Waals surface area contributed by atoms with E-state index in [-0.39, 0.29) is 5.41 Å². The molecule has 0 amide bonds. The molecule has 1 aliphatic carbocycles. The molecule has 0 heterocycles. The third-order valence-corrected chi connectivity index (χ3v) is 10.4. The van der Waals surface area contributed by atoms with Crippen LogP contribution in [0.2, 0.25) is 0 Å². The Balaban J connectivity index is 1.15. The summed E-state index contributed by atoms with van der Waals surface area (Å²) in [5.41, 5.74) is 16.2. The highest BCUT2D eigenvalue weighted by molar-refractivity contribution is 5.99. The first-order chi connectivity index (χ1) is 24.6. The molecule has 50 heavy (non-hydrogen) atoms. The van der Waals surface area contributed by atoms with Crippen LogP contribution in [0, 0.1) is 0 Å². The van der Waals surface area contributed by atoms with Gasteiger partial charge in [0.15, 0.2) is 0 Å². The van der Waals surface area contributed by atoms with Crippen LogP contribution in [0.15, 0.2) is 188 Å². The van der Waals surface area contributed by atoms with E-state index in [0.29, 0.717) is 0 Å². The molecule has 0 aromatic heterocycles. The van der Waals surface area contributed by atoms with Gasteiger partial charge in [0.1, 0.15) is 0 Å². The zero-order chi connectivity index (χ0) is 33.7. The van der Waals surface area contributed by atoms with Crippen LogP contribution in [0.3, 0.4) is 0 Å². The van der Waals surface area contributed by atoms with E-state index in [9.17, 15) is 0 Å². The van der Waals surface area contributed by atoms with Crippen molar-refractivity contribution < 1.29 is 0 Å². The lowest BCUT2D eigenvalue weighted by Crippen LogP contribution is -2.16. The van der Waals surface area contributed by atoms with Crippen LogP contribution in [0.5, 0.6) is 0 Å². The molecule has 1 heteroatoms. The Morgan fingerprint density at radius 2 is 0.760 bits per heavy atom. The molecule has 0 saturated carbocycles. The number of para-hydroxylation sites is 2. The van der Waals surface area contributed by atoms with Crippen LogP contribution < -0.4 is 4.90 Å². The van der Waals surface area contributed by atoms with Crippen molar-refractivity contribution in [2.75, 3.05) is 4.90 Å². The van der Waals surface area contributed by atoms with Crippen molar-refractivity contribution >= 4 is 27.8 Å². The highest BCUT2D eigenvalue weighted by Gasteiger charge is 2.38. The summed E-state index contributed by atoms with van der Waals surface area (Å²) in [4.78, 5) is 2.31. The number of nitrogens with zero attached hydrogens (tertiary/aromatic N) is 1. The van der Waals surface area contributed by atoms with E-state index in [1.165, 1.54) is 66.4 Å². The van der Waals surface area contributed by atoms with Gasteiger partial charge in [0.05, 0.1) is 0 Å². The Kier molecular flexibility index (Phi) is 7.21. The molecule has 0 spiro atoms. The van der Waals surface area contributed by atoms with Crippen molar-refractivity contribution in [2.45, 2.75) is 19.3 Å². The monoisotopic (exact) mass is 639 g/mol. The van der Waals surface area contributed by atoms with Gasteiger partial charge in [0, 0.05) is 22.5 Å². The zero-order valence-corrected chi connectivity index (χ0v) is 28.3. The Labute approximate surface area is 294 Å². The largest absolute Gasteiger partial charge is 0.311 e. The second-order valence-corrected chi connectivity index (χ2v) is 13.7. The molecule has 9 rings (SSSR count). The Hall–Kier alpha value is -6.18. The Morgan fingerprint density at radius 3 is 1.36 bits per heavy atom. The molecular formula is C49H37N. The fourth-order valence-electron chi connectivity index (χ4n) is 8.10. The van der Waals surface area contributed by atoms with Gasteiger partial charge in [-0.25, -0.2) is 0 Å². The summed E-state index contributed by atoms with van der Waals surface area (Å²) in [7, 11) is 0. The van der Waals surface area contributed by atoms with Crippen molar-refractivity contribution in [1.29, 1.82) is 0 Å². The highest BCUT2D eigenvalue weighted by Crippen LogP contribution is 2.54. The van der Waals surface area contributed by atoms with Gasteiger partial charge < -0.3 is 4.90 Å². The van der Waals surface area contributed by atoms with Crippen LogP contribution in [-0.4, -0.2) is 0 Å². The van der Waals surface area contributed by atoms with Gasteiger partial charge in [0.2, 0.25) is 0 Å². The van der Waals surface area contributed by atoms with Crippen molar-refractivity contribution in [1.82, 2.24) is 0 Å². The van der Waals surface area contributed by atoms with E-state index in [1.807, 2.05) is 0 Å². The van der Waals surface area contributed by atoms with Crippen LogP contribution in [0.25, 0.3) is 55.3 Å². The first-order valence-electron chi connectivity index (χ1n) is 17.4. The lowest BCUT2D eigenvalue weighted by atomic mass is 9.77. The van der Waals surface area contributed by atoms with Crippen LogP contribution in [0.1, 0.15) is 25.0 Å². The van der Waals surface area contributed by atoms with Crippen LogP contribution >= 0.6 is 0 Å². The molecule has 1 nitrogen and oxygen atoms in total. The minimum absolute atomic E-state index is 0.142. The predicted octanol–water partition coefficient (Wildman–Crippen LogP) is 13.6. The van der Waals surface area contributed by atoms with E-state index in [1.54, 1.807) is 0 Å². The normalized spacial score (nSPS) is 12.8. The maximum absolute atomic E-state index is 2.41. The van der Waals surface area contributed by atoms with Gasteiger partial charge in [-0.3, -0.25) is 0 Å². The highest BCUT2D eigenvalue weighted by atomic mass is 15.1. The van der Waals surface area contributed by atoms with Crippen LogP contribution in [-0.2, 0) is 5.41 Å². The van der Waals surface area contributed by atoms with Gasteiger partial charge >= 0.3 is 0 Å². The summed E-state index contributed by atoms with van der Waals surface area (Å²) < 4.78 is 0. The summed E-state index contributed by atoms with van der Waals surface area (Å²) in [5, 5.41) is 2.58. The molecule has 0 fully saturated rings. The second kappa shape index (κ2) is 12.1. The standard InChI is InChI=1S/C49H37N/c1-49(2)47-33-36-17-10-9-16-35(36)32-46(47)45-27-15-26-44(48(45)49)43-25-14-13-24-42(43)41-23-12-11-22-40(41)34-28-30-39(31-29-34)50(37-18-5-3-6-19-37)38-20-7-4-8-21-38/h3-33H,1-2H3. The summed E-state index contributed by atoms with van der Waals surface area (Å²) in [6.07, 6.45) is 0. The molecular weight excluding hydrogens is 603 g/mol. The Morgan fingerprint density at radius 1 is 0.340 bits per heavy atom. The third kappa shape index (κ3) is 4.94. The van der Waals surface area contributed by atoms with E-state index in [0.717, 1.165) is 17.1 Å². The molecule has 0 atom stereocenters. The topological polar surface area (TPSA) is 3.24 Å². The average molecular weight is 640 g/mol. The average Bonchev–Trinajstić information content (AvgIpc) is 3.40. The van der Waals surface area contributed by atoms with Crippen molar-refractivity contribution in [3.05, 3.63) is 199 Å². The molecule has 8 aromatic rings. The van der Waals surface area contributed by atoms with Gasteiger partial charge in [-0.1, -0.05) is 153 Å². The lowest BCUT2D eigenvalue weighted by Gasteiger charge is -2.26. The lowest BCUT2D eigenvalue weighted by molar-refractivity contribution is 0.663. The van der Waals surface area contributed by atoms with E-state index in [4.69, 9.17) is 0 Å². The van der Waals surface area contributed by atoms with Gasteiger partial charge in [-0.2, -0.15) is 0 Å². The molecule has 0 N–H and O–H groups in total. The predicted molar refractivity (Wildman–Crippen MR) is 213 cm³/mol. The molecule has 0 bridgehead atoms. The number of fused-ring (bicyclic) bond motifs is 4. The number of rotatable bonds is 6. The quantitative estimate of drug-likeness (QED) is 0.175. The first-order valence-corrected chi connectivity index (χ1v) is 17.4. The van der Waals surface area contributed by atoms with Crippen LogP contribution in [0.4, 0.5) is 17.1 Å². The minimum Gasteiger partial charge on any atom is -0.311 e. The summed E-state index contributed by atoms with van der Waals surface area (Å²) >= 11 is 0. The summed E-state index contributed by atoms with van der Waals surface area (Å²) in [5.74, 6) is 0. The smallest absolute Gasteiger partial charge is 0.0462 e. The van der Waals surface area contributed by atoms with Gasteiger partial charge in [-0.15, -0.1) is 0 Å². The number of benzene rings is 8. The molecule has 0 aliphatic heterocycles.